The molecule has 0 atom stereocenters. The monoisotopic (exact) mass is 371 g/mol. The fourth-order valence-corrected chi connectivity index (χ4v) is 3.08. The van der Waals surface area contributed by atoms with Crippen molar-refractivity contribution in [1.82, 2.24) is 4.98 Å². The first-order chi connectivity index (χ1) is 13.6. The number of anilines is 2. The first-order valence-corrected chi connectivity index (χ1v) is 8.69. The number of rotatable bonds is 5. The van der Waals surface area contributed by atoms with Crippen molar-refractivity contribution in [2.75, 3.05) is 12.4 Å². The lowest BCUT2D eigenvalue weighted by Gasteiger charge is -2.09. The zero-order valence-electron chi connectivity index (χ0n) is 15.1. The molecule has 6 heteroatoms. The highest BCUT2D eigenvalue weighted by Crippen LogP contribution is 2.30. The number of ether oxygens (including phenoxy) is 1. The Labute approximate surface area is 161 Å². The molecule has 138 valence electrons. The molecule has 0 bridgehead atoms. The van der Waals surface area contributed by atoms with Crippen LogP contribution in [0.2, 0.25) is 0 Å². The van der Waals surface area contributed by atoms with Crippen molar-refractivity contribution in [3.63, 3.8) is 0 Å². The van der Waals surface area contributed by atoms with E-state index in [1.807, 2.05) is 48.5 Å². The van der Waals surface area contributed by atoms with Crippen molar-refractivity contribution in [3.05, 3.63) is 89.1 Å². The topological polar surface area (TPSA) is 77.3 Å². The molecule has 1 N–H and O–H groups in total. The molecule has 0 spiro atoms. The Kier molecular flexibility index (Phi) is 4.60. The van der Waals surface area contributed by atoms with Gasteiger partial charge in [0.2, 0.25) is 5.82 Å². The maximum absolute atomic E-state index is 11.2. The summed E-state index contributed by atoms with van der Waals surface area (Å²) >= 11 is 0. The number of nitro groups is 1. The lowest BCUT2D eigenvalue weighted by atomic mass is 10.0. The third kappa shape index (κ3) is 3.48. The van der Waals surface area contributed by atoms with Gasteiger partial charge in [-0.3, -0.25) is 10.1 Å². The van der Waals surface area contributed by atoms with Crippen LogP contribution in [0.15, 0.2) is 79.0 Å². The maximum Gasteiger partial charge on any atom is 0.311 e. The number of hydrogen-bond donors (Lipinski definition) is 1. The number of fused-ring (bicyclic) bond motifs is 1. The summed E-state index contributed by atoms with van der Waals surface area (Å²) in [7, 11) is 1.65. The second kappa shape index (κ2) is 7.36. The zero-order chi connectivity index (χ0) is 19.5. The number of benzene rings is 3. The van der Waals surface area contributed by atoms with Gasteiger partial charge in [-0.05, 0) is 58.3 Å². The van der Waals surface area contributed by atoms with Crippen LogP contribution in [0.4, 0.5) is 17.2 Å². The third-order valence-corrected chi connectivity index (χ3v) is 4.49. The number of pyridine rings is 1. The number of aromatic nitrogens is 1. The van der Waals surface area contributed by atoms with Crippen LogP contribution in [0.1, 0.15) is 0 Å². The Hall–Kier alpha value is -3.93. The van der Waals surface area contributed by atoms with Crippen LogP contribution in [-0.2, 0) is 0 Å². The van der Waals surface area contributed by atoms with Crippen molar-refractivity contribution in [2.24, 2.45) is 0 Å². The van der Waals surface area contributed by atoms with E-state index in [1.54, 1.807) is 13.2 Å². The van der Waals surface area contributed by atoms with E-state index in [2.05, 4.69) is 22.4 Å². The Morgan fingerprint density at radius 3 is 2.54 bits per heavy atom. The molecule has 0 radical (unpaired) electrons. The summed E-state index contributed by atoms with van der Waals surface area (Å²) in [6.07, 6.45) is 1.52. The molecule has 1 aromatic heterocycles. The van der Waals surface area contributed by atoms with E-state index < -0.39 is 4.92 Å². The first kappa shape index (κ1) is 17.5. The second-order valence-corrected chi connectivity index (χ2v) is 6.26. The summed E-state index contributed by atoms with van der Waals surface area (Å²) < 4.78 is 5.27. The molecule has 0 aliphatic heterocycles. The van der Waals surface area contributed by atoms with Crippen LogP contribution in [0.25, 0.3) is 21.9 Å². The fraction of sp³-hybridized carbons (Fsp3) is 0.0455. The Morgan fingerprint density at radius 2 is 1.71 bits per heavy atom. The predicted molar refractivity (Wildman–Crippen MR) is 110 cm³/mol. The van der Waals surface area contributed by atoms with Crippen molar-refractivity contribution < 1.29 is 9.66 Å². The molecule has 4 aromatic rings. The lowest BCUT2D eigenvalue weighted by molar-refractivity contribution is -0.384. The average molecular weight is 371 g/mol. The molecule has 3 aromatic carbocycles. The van der Waals surface area contributed by atoms with Gasteiger partial charge < -0.3 is 10.1 Å². The molecule has 1 heterocycles. The number of methoxy groups -OCH3 is 1. The van der Waals surface area contributed by atoms with Gasteiger partial charge in [0, 0.05) is 18.0 Å². The van der Waals surface area contributed by atoms with Crippen molar-refractivity contribution in [3.8, 4) is 16.9 Å². The zero-order valence-corrected chi connectivity index (χ0v) is 15.1. The summed E-state index contributed by atoms with van der Waals surface area (Å²) in [5.74, 6) is 1.04. The highest BCUT2D eigenvalue weighted by Gasteiger charge is 2.14. The van der Waals surface area contributed by atoms with Crippen LogP contribution in [0, 0.1) is 10.1 Å². The van der Waals surface area contributed by atoms with Gasteiger partial charge in [0.05, 0.1) is 12.0 Å². The minimum absolute atomic E-state index is 0.0624. The molecule has 4 rings (SSSR count). The fourth-order valence-electron chi connectivity index (χ4n) is 3.08. The lowest BCUT2D eigenvalue weighted by Crippen LogP contribution is -1.99. The Bertz CT molecular complexity index is 1170. The van der Waals surface area contributed by atoms with Crippen molar-refractivity contribution in [2.45, 2.75) is 0 Å². The highest BCUT2D eigenvalue weighted by atomic mass is 16.6. The largest absolute Gasteiger partial charge is 0.497 e. The number of nitrogens with zero attached hydrogens (tertiary/aromatic N) is 2. The van der Waals surface area contributed by atoms with E-state index in [0.29, 0.717) is 0 Å². The highest BCUT2D eigenvalue weighted by molar-refractivity contribution is 5.88. The molecule has 0 saturated heterocycles. The molecule has 0 unspecified atom stereocenters. The van der Waals surface area contributed by atoms with E-state index in [0.717, 1.165) is 33.3 Å². The summed E-state index contributed by atoms with van der Waals surface area (Å²) in [5, 5.41) is 16.4. The molecular formula is C22H17N3O3. The first-order valence-electron chi connectivity index (χ1n) is 8.69. The molecule has 0 aliphatic rings. The van der Waals surface area contributed by atoms with E-state index in [-0.39, 0.29) is 11.5 Å². The smallest absolute Gasteiger partial charge is 0.311 e. The van der Waals surface area contributed by atoms with Crippen LogP contribution < -0.4 is 10.1 Å². The average Bonchev–Trinajstić information content (AvgIpc) is 2.73. The van der Waals surface area contributed by atoms with Gasteiger partial charge in [-0.2, -0.15) is 0 Å². The normalized spacial score (nSPS) is 10.6. The van der Waals surface area contributed by atoms with E-state index >= 15 is 0 Å². The molecule has 28 heavy (non-hydrogen) atoms. The van der Waals surface area contributed by atoms with Crippen molar-refractivity contribution >= 4 is 28.0 Å². The second-order valence-electron chi connectivity index (χ2n) is 6.26. The summed E-state index contributed by atoms with van der Waals surface area (Å²) in [4.78, 5) is 14.8. The van der Waals surface area contributed by atoms with Gasteiger partial charge in [-0.15, -0.1) is 0 Å². The molecule has 0 aliphatic carbocycles. The van der Waals surface area contributed by atoms with Gasteiger partial charge in [-0.25, -0.2) is 4.98 Å². The van der Waals surface area contributed by atoms with Crippen molar-refractivity contribution in [1.29, 1.82) is 0 Å². The van der Waals surface area contributed by atoms with E-state index in [1.165, 1.54) is 12.3 Å². The number of nitrogens with one attached hydrogen (secondary N) is 1. The summed E-state index contributed by atoms with van der Waals surface area (Å²) in [6.45, 7) is 0. The van der Waals surface area contributed by atoms with Gasteiger partial charge in [0.15, 0.2) is 0 Å². The van der Waals surface area contributed by atoms with E-state index in [4.69, 9.17) is 4.74 Å². The molecule has 0 saturated carbocycles. The molecule has 0 fully saturated rings. The van der Waals surface area contributed by atoms with Gasteiger partial charge in [0.25, 0.3) is 0 Å². The quantitative estimate of drug-likeness (QED) is 0.367. The third-order valence-electron chi connectivity index (χ3n) is 4.49. The standard InChI is InChI=1S/C22H17N3O3/c1-28-20-10-9-17-12-16(7-8-18(17)14-20)15-4-2-5-19(13-15)24-22-21(25(26)27)6-3-11-23-22/h2-14H,1H3,(H,23,24). The molecule has 6 nitrogen and oxygen atoms in total. The number of hydrogen-bond acceptors (Lipinski definition) is 5. The SMILES string of the molecule is COc1ccc2cc(-c3cccc(Nc4ncccc4[N+](=O)[O-])c3)ccc2c1. The minimum Gasteiger partial charge on any atom is -0.497 e. The molecule has 0 amide bonds. The minimum atomic E-state index is -0.448. The predicted octanol–water partition coefficient (Wildman–Crippen LogP) is 5.56. The molecular weight excluding hydrogens is 354 g/mol. The van der Waals surface area contributed by atoms with Gasteiger partial charge >= 0.3 is 5.69 Å². The van der Waals surface area contributed by atoms with Crippen LogP contribution in [-0.4, -0.2) is 17.0 Å². The van der Waals surface area contributed by atoms with Gasteiger partial charge in [0.1, 0.15) is 5.75 Å². The van der Waals surface area contributed by atoms with E-state index in [9.17, 15) is 10.1 Å². The van der Waals surface area contributed by atoms with Crippen LogP contribution in [0.5, 0.6) is 5.75 Å². The summed E-state index contributed by atoms with van der Waals surface area (Å²) in [6, 6.07) is 22.8. The van der Waals surface area contributed by atoms with Crippen LogP contribution >= 0.6 is 0 Å². The maximum atomic E-state index is 11.2. The van der Waals surface area contributed by atoms with Gasteiger partial charge in [-0.1, -0.05) is 30.3 Å². The Morgan fingerprint density at radius 1 is 0.929 bits per heavy atom. The summed E-state index contributed by atoms with van der Waals surface area (Å²) in [5.41, 5.74) is 2.72. The Balaban J connectivity index is 1.67. The van der Waals surface area contributed by atoms with Crippen LogP contribution in [0.3, 0.4) is 0 Å².